The Morgan fingerprint density at radius 2 is 1.56 bits per heavy atom. The van der Waals surface area contributed by atoms with Crippen LogP contribution < -0.4 is 9.47 Å². The van der Waals surface area contributed by atoms with E-state index in [9.17, 15) is 4.79 Å². The lowest BCUT2D eigenvalue weighted by atomic mass is 10.2. The number of hydrogen-bond donors (Lipinski definition) is 0. The minimum atomic E-state index is -0.484. The third-order valence-corrected chi connectivity index (χ3v) is 4.22. The molecule has 0 heterocycles. The summed E-state index contributed by atoms with van der Waals surface area (Å²) in [5.74, 6) is 0.207. The van der Waals surface area contributed by atoms with E-state index in [0.717, 1.165) is 0 Å². The Kier molecular flexibility index (Phi) is 8.87. The number of benzene rings is 2. The van der Waals surface area contributed by atoms with Crippen LogP contribution in [0.3, 0.4) is 0 Å². The molecule has 0 atom stereocenters. The number of halogens is 5. The van der Waals surface area contributed by atoms with Crippen molar-refractivity contribution in [2.24, 2.45) is 0 Å². The maximum Gasteiger partial charge on any atom is 0.338 e. The maximum absolute atomic E-state index is 11.9. The van der Waals surface area contributed by atoms with Gasteiger partial charge < -0.3 is 14.2 Å². The highest BCUT2D eigenvalue weighted by Gasteiger charge is 2.12. The van der Waals surface area contributed by atoms with E-state index in [-0.39, 0.29) is 40.1 Å². The van der Waals surface area contributed by atoms with Crippen molar-refractivity contribution in [3.63, 3.8) is 0 Å². The largest absolute Gasteiger partial charge is 0.489 e. The average Bonchev–Trinajstić information content (AvgIpc) is 2.60. The van der Waals surface area contributed by atoms with Crippen LogP contribution in [0.5, 0.6) is 11.5 Å². The second kappa shape index (κ2) is 10.9. The van der Waals surface area contributed by atoms with Gasteiger partial charge in [-0.15, -0.1) is 0 Å². The van der Waals surface area contributed by atoms with Crippen LogP contribution in [0.1, 0.15) is 10.4 Å². The van der Waals surface area contributed by atoms with Gasteiger partial charge in [-0.1, -0.05) is 58.0 Å². The van der Waals surface area contributed by atoms with Crippen molar-refractivity contribution in [3.8, 4) is 11.5 Å². The Bertz CT molecular complexity index is 794. The van der Waals surface area contributed by atoms with Crippen molar-refractivity contribution in [3.05, 3.63) is 67.6 Å². The lowest BCUT2D eigenvalue weighted by Gasteiger charge is -2.12. The molecule has 2 aromatic rings. The van der Waals surface area contributed by atoms with Crippen LogP contribution >= 0.6 is 58.0 Å². The smallest absolute Gasteiger partial charge is 0.338 e. The molecule has 0 saturated carbocycles. The highest BCUT2D eigenvalue weighted by molar-refractivity contribution is 6.55. The quantitative estimate of drug-likeness (QED) is 0.323. The second-order valence-corrected chi connectivity index (χ2v) is 7.27. The molecule has 0 fully saturated rings. The van der Waals surface area contributed by atoms with E-state index in [1.54, 1.807) is 36.4 Å². The Morgan fingerprint density at radius 1 is 0.926 bits per heavy atom. The van der Waals surface area contributed by atoms with E-state index in [4.69, 9.17) is 72.2 Å². The third-order valence-electron chi connectivity index (χ3n) is 3.10. The van der Waals surface area contributed by atoms with Gasteiger partial charge in [-0.05, 0) is 30.3 Å². The summed E-state index contributed by atoms with van der Waals surface area (Å²) in [5.41, 5.74) is 0.392. The van der Waals surface area contributed by atoms with Crippen molar-refractivity contribution in [1.82, 2.24) is 0 Å². The third kappa shape index (κ3) is 7.32. The molecule has 0 saturated heterocycles. The van der Waals surface area contributed by atoms with Gasteiger partial charge in [-0.25, -0.2) is 4.79 Å². The van der Waals surface area contributed by atoms with Crippen LogP contribution in [-0.4, -0.2) is 25.8 Å². The standard InChI is InChI=1S/C18H13Cl5O4/c19-12-3-1-11(2-4-12)18(24)27-8-7-26-17-14(20)9-13(10-15(17)21)25-6-5-16(22)23/h1-5,9-10H,6-8H2. The number of ether oxygens (including phenoxy) is 3. The van der Waals surface area contributed by atoms with Crippen LogP contribution in [0.25, 0.3) is 0 Å². The normalized spacial score (nSPS) is 10.3. The minimum absolute atomic E-state index is 0.0192. The summed E-state index contributed by atoms with van der Waals surface area (Å²) in [6, 6.07) is 9.44. The van der Waals surface area contributed by atoms with Gasteiger partial charge >= 0.3 is 5.97 Å². The molecule has 0 spiro atoms. The number of rotatable bonds is 8. The molecule has 9 heteroatoms. The molecule has 2 rings (SSSR count). The summed E-state index contributed by atoms with van der Waals surface area (Å²) in [7, 11) is 0. The summed E-state index contributed by atoms with van der Waals surface area (Å²) in [4.78, 5) is 11.9. The predicted molar refractivity (Wildman–Crippen MR) is 109 cm³/mol. The Morgan fingerprint density at radius 3 is 2.15 bits per heavy atom. The monoisotopic (exact) mass is 468 g/mol. The minimum Gasteiger partial charge on any atom is -0.489 e. The first kappa shape index (κ1) is 22.0. The number of esters is 1. The van der Waals surface area contributed by atoms with Gasteiger partial charge in [0, 0.05) is 17.2 Å². The molecule has 2 aromatic carbocycles. The molecular formula is C18H13Cl5O4. The topological polar surface area (TPSA) is 44.8 Å². The molecule has 0 bridgehead atoms. The fourth-order valence-corrected chi connectivity index (χ4v) is 2.73. The van der Waals surface area contributed by atoms with Gasteiger partial charge in [-0.3, -0.25) is 0 Å². The summed E-state index contributed by atoms with van der Waals surface area (Å²) in [6.07, 6.45) is 1.48. The fourth-order valence-electron chi connectivity index (χ4n) is 1.91. The molecule has 27 heavy (non-hydrogen) atoms. The van der Waals surface area contributed by atoms with Crippen LogP contribution in [-0.2, 0) is 4.74 Å². The molecule has 144 valence electrons. The van der Waals surface area contributed by atoms with Gasteiger partial charge in [0.2, 0.25) is 0 Å². The molecule has 0 aliphatic rings. The van der Waals surface area contributed by atoms with Crippen molar-refractivity contribution in [1.29, 1.82) is 0 Å². The van der Waals surface area contributed by atoms with Gasteiger partial charge in [0.25, 0.3) is 0 Å². The molecule has 0 radical (unpaired) electrons. The van der Waals surface area contributed by atoms with Crippen LogP contribution in [0.2, 0.25) is 15.1 Å². The van der Waals surface area contributed by atoms with Crippen LogP contribution in [0.4, 0.5) is 0 Å². The molecule has 0 aliphatic carbocycles. The van der Waals surface area contributed by atoms with Gasteiger partial charge in [0.05, 0.1) is 15.6 Å². The van der Waals surface area contributed by atoms with Crippen molar-refractivity contribution < 1.29 is 19.0 Å². The Hall–Kier alpha value is -1.30. The molecule has 0 unspecified atom stereocenters. The van der Waals surface area contributed by atoms with E-state index in [1.165, 1.54) is 6.08 Å². The summed E-state index contributed by atoms with van der Waals surface area (Å²) < 4.78 is 16.1. The maximum atomic E-state index is 11.9. The molecule has 0 aromatic heterocycles. The predicted octanol–water partition coefficient (Wildman–Crippen LogP) is 6.58. The first-order valence-electron chi connectivity index (χ1n) is 7.55. The van der Waals surface area contributed by atoms with Gasteiger partial charge in [0.1, 0.15) is 30.1 Å². The molecule has 0 N–H and O–H groups in total. The van der Waals surface area contributed by atoms with Crippen molar-refractivity contribution in [2.75, 3.05) is 19.8 Å². The lowest BCUT2D eigenvalue weighted by Crippen LogP contribution is -2.12. The Balaban J connectivity index is 1.85. The van der Waals surface area contributed by atoms with Crippen molar-refractivity contribution >= 4 is 64.0 Å². The second-order valence-electron chi connectivity index (χ2n) is 5.01. The summed E-state index contributed by atoms with van der Waals surface area (Å²) in [6.45, 7) is 0.255. The SMILES string of the molecule is O=C(OCCOc1c(Cl)cc(OCC=C(Cl)Cl)cc1Cl)c1ccc(Cl)cc1. The highest BCUT2D eigenvalue weighted by Crippen LogP contribution is 2.37. The average molecular weight is 471 g/mol. The van der Waals surface area contributed by atoms with E-state index in [0.29, 0.717) is 16.3 Å². The molecule has 0 amide bonds. The van der Waals surface area contributed by atoms with E-state index in [2.05, 4.69) is 0 Å². The van der Waals surface area contributed by atoms with Gasteiger partial charge in [-0.2, -0.15) is 0 Å². The van der Waals surface area contributed by atoms with Crippen molar-refractivity contribution in [2.45, 2.75) is 0 Å². The molecular weight excluding hydrogens is 457 g/mol. The fraction of sp³-hybridized carbons (Fsp3) is 0.167. The number of carbonyl (C=O) groups excluding carboxylic acids is 1. The van der Waals surface area contributed by atoms with E-state index < -0.39 is 5.97 Å². The zero-order chi connectivity index (χ0) is 19.8. The van der Waals surface area contributed by atoms with E-state index in [1.807, 2.05) is 0 Å². The molecule has 0 aliphatic heterocycles. The first-order valence-corrected chi connectivity index (χ1v) is 9.44. The van der Waals surface area contributed by atoms with Crippen LogP contribution in [0.15, 0.2) is 47.0 Å². The zero-order valence-corrected chi connectivity index (χ0v) is 17.5. The lowest BCUT2D eigenvalue weighted by molar-refractivity contribution is 0.0450. The Labute approximate surface area is 181 Å². The summed E-state index contributed by atoms with van der Waals surface area (Å²) in [5, 5.41) is 1.04. The van der Waals surface area contributed by atoms with Gasteiger partial charge in [0.15, 0.2) is 5.75 Å². The highest BCUT2D eigenvalue weighted by atomic mass is 35.5. The van der Waals surface area contributed by atoms with E-state index >= 15 is 0 Å². The number of hydrogen-bond acceptors (Lipinski definition) is 4. The zero-order valence-electron chi connectivity index (χ0n) is 13.7. The summed E-state index contributed by atoms with van der Waals surface area (Å²) >= 11 is 29.1. The molecule has 4 nitrogen and oxygen atoms in total. The number of carbonyl (C=O) groups is 1. The first-order chi connectivity index (χ1) is 12.9. The van der Waals surface area contributed by atoms with Crippen LogP contribution in [0, 0.1) is 0 Å².